The van der Waals surface area contributed by atoms with Crippen LogP contribution in [0.25, 0.3) is 10.8 Å². The third-order valence-electron chi connectivity index (χ3n) is 8.29. The van der Waals surface area contributed by atoms with Crippen molar-refractivity contribution in [2.24, 2.45) is 10.2 Å². The minimum Gasteiger partial charge on any atom is -0.505 e. The van der Waals surface area contributed by atoms with Gasteiger partial charge in [0.15, 0.2) is 11.5 Å². The van der Waals surface area contributed by atoms with Crippen molar-refractivity contribution < 1.29 is 40.6 Å². The summed E-state index contributed by atoms with van der Waals surface area (Å²) in [5.41, 5.74) is 0.584. The standard InChI is InChI=1S/C35H31N3O9S2.2Na/c39-34-32-25(19-27(48(41,42)43)21-29(32)36-35(40)24-11-5-2-6-12-24)20-31(49(44,45)46)33(34)38-37-28-13-7-8-14-30(28)47-26-17-15-23(16-18-26)22-9-3-1-4-10-22;;/h2,5-8,11-22,39H,1,3-4,9-10H2,(H,36,40)(H,41,42,43)(H,44,45,46);;. The van der Waals surface area contributed by atoms with Crippen LogP contribution in [0.15, 0.2) is 117 Å². The van der Waals surface area contributed by atoms with Gasteiger partial charge in [0.2, 0.25) is 0 Å². The summed E-state index contributed by atoms with van der Waals surface area (Å²) in [7, 11) is -9.97. The number of hydrogen-bond donors (Lipinski definition) is 4. The molecular formula is C35H31N3Na2O9S2. The number of carbonyl (C=O) groups is 1. The monoisotopic (exact) mass is 747 g/mol. The quantitative estimate of drug-likeness (QED) is 0.0662. The molecule has 254 valence electrons. The molecule has 51 heavy (non-hydrogen) atoms. The molecule has 0 unspecified atom stereocenters. The number of benzene rings is 5. The fourth-order valence-corrected chi connectivity index (χ4v) is 7.09. The van der Waals surface area contributed by atoms with Crippen molar-refractivity contribution in [3.05, 3.63) is 108 Å². The molecular weight excluding hydrogens is 717 g/mol. The summed E-state index contributed by atoms with van der Waals surface area (Å²) in [6.45, 7) is 0. The van der Waals surface area contributed by atoms with E-state index in [-0.39, 0.29) is 92.6 Å². The second-order valence-corrected chi connectivity index (χ2v) is 14.4. The molecule has 5 aromatic rings. The molecule has 0 spiro atoms. The number of fused-ring (bicyclic) bond motifs is 1. The molecule has 0 saturated heterocycles. The molecule has 1 amide bonds. The van der Waals surface area contributed by atoms with E-state index in [4.69, 9.17) is 4.74 Å². The smallest absolute Gasteiger partial charge is 0.296 e. The fraction of sp³-hybridized carbons (Fsp3) is 0.171. The van der Waals surface area contributed by atoms with Crippen LogP contribution >= 0.6 is 0 Å². The predicted octanol–water partition coefficient (Wildman–Crippen LogP) is 7.78. The number of rotatable bonds is 9. The number of para-hydroxylation sites is 1. The van der Waals surface area contributed by atoms with Crippen LogP contribution in [0.1, 0.15) is 53.9 Å². The Labute approximate surface area is 339 Å². The molecule has 12 nitrogen and oxygen atoms in total. The average Bonchev–Trinajstić information content (AvgIpc) is 3.08. The summed E-state index contributed by atoms with van der Waals surface area (Å²) in [5, 5.41) is 21.6. The van der Waals surface area contributed by atoms with E-state index in [1.54, 1.807) is 42.5 Å². The van der Waals surface area contributed by atoms with E-state index in [2.05, 4.69) is 15.5 Å². The van der Waals surface area contributed by atoms with Gasteiger partial charge in [0.1, 0.15) is 22.0 Å². The molecule has 0 aromatic heterocycles. The van der Waals surface area contributed by atoms with Crippen LogP contribution in [0.4, 0.5) is 17.1 Å². The Balaban J connectivity index is 0.00000292. The van der Waals surface area contributed by atoms with Crippen molar-refractivity contribution in [2.45, 2.75) is 47.8 Å². The van der Waals surface area contributed by atoms with Crippen molar-refractivity contribution in [3.8, 4) is 17.2 Å². The van der Waals surface area contributed by atoms with Gasteiger partial charge in [-0.2, -0.15) is 16.8 Å². The minimum atomic E-state index is -5.10. The predicted molar refractivity (Wildman–Crippen MR) is 194 cm³/mol. The molecule has 1 aliphatic rings. The Kier molecular flexibility index (Phi) is 13.6. The summed E-state index contributed by atoms with van der Waals surface area (Å²) < 4.78 is 75.2. The van der Waals surface area contributed by atoms with Gasteiger partial charge in [0.25, 0.3) is 26.1 Å². The molecule has 16 heteroatoms. The molecule has 0 bridgehead atoms. The second kappa shape index (κ2) is 17.1. The number of phenols is 1. The van der Waals surface area contributed by atoms with Crippen LogP contribution in [-0.4, -0.2) is 96.1 Å². The molecule has 1 fully saturated rings. The molecule has 0 aliphatic heterocycles. The number of anilines is 1. The van der Waals surface area contributed by atoms with Crippen LogP contribution in [0.5, 0.6) is 17.2 Å². The van der Waals surface area contributed by atoms with E-state index < -0.39 is 47.4 Å². The molecule has 0 heterocycles. The van der Waals surface area contributed by atoms with E-state index in [0.717, 1.165) is 31.0 Å². The zero-order valence-electron chi connectivity index (χ0n) is 27.9. The van der Waals surface area contributed by atoms with Crippen LogP contribution in [-0.2, 0) is 20.2 Å². The van der Waals surface area contributed by atoms with E-state index in [9.17, 15) is 35.8 Å². The van der Waals surface area contributed by atoms with Crippen LogP contribution in [0, 0.1) is 0 Å². The zero-order chi connectivity index (χ0) is 34.8. The number of phenolic OH excluding ortho intramolecular Hbond substituents is 1. The first-order valence-corrected chi connectivity index (χ1v) is 18.2. The van der Waals surface area contributed by atoms with Crippen molar-refractivity contribution in [1.82, 2.24) is 0 Å². The van der Waals surface area contributed by atoms with Crippen molar-refractivity contribution in [1.29, 1.82) is 0 Å². The van der Waals surface area contributed by atoms with Gasteiger partial charge in [-0.25, -0.2) is 0 Å². The van der Waals surface area contributed by atoms with E-state index >= 15 is 0 Å². The Morgan fingerprint density at radius 1 is 0.765 bits per heavy atom. The maximum atomic E-state index is 13.0. The van der Waals surface area contributed by atoms with E-state index in [1.165, 1.54) is 37.0 Å². The van der Waals surface area contributed by atoms with Crippen molar-refractivity contribution in [2.75, 3.05) is 5.32 Å². The van der Waals surface area contributed by atoms with Crippen LogP contribution in [0.3, 0.4) is 0 Å². The first-order chi connectivity index (χ1) is 23.4. The summed E-state index contributed by atoms with van der Waals surface area (Å²) in [4.78, 5) is 11.4. The van der Waals surface area contributed by atoms with Gasteiger partial charge in [-0.3, -0.25) is 13.9 Å². The molecule has 5 aromatic carbocycles. The Bertz CT molecular complexity index is 2300. The van der Waals surface area contributed by atoms with Gasteiger partial charge >= 0.3 is 0 Å². The number of hydrogen-bond acceptors (Lipinski definition) is 9. The van der Waals surface area contributed by atoms with Crippen LogP contribution in [0.2, 0.25) is 0 Å². The van der Waals surface area contributed by atoms with Gasteiger partial charge in [0, 0.05) is 70.1 Å². The van der Waals surface area contributed by atoms with Gasteiger partial charge < -0.3 is 15.2 Å². The Morgan fingerprint density at radius 2 is 1.41 bits per heavy atom. The maximum absolute atomic E-state index is 13.0. The first-order valence-electron chi connectivity index (χ1n) is 15.3. The summed E-state index contributed by atoms with van der Waals surface area (Å²) in [6, 6.07) is 24.8. The number of nitrogens with zero attached hydrogens (tertiary/aromatic N) is 2. The number of amides is 1. The zero-order valence-corrected chi connectivity index (χ0v) is 33.5. The Morgan fingerprint density at radius 3 is 2.06 bits per heavy atom. The number of carbonyl (C=O) groups excluding carboxylic acids is 1. The van der Waals surface area contributed by atoms with Crippen molar-refractivity contribution >= 4 is 113 Å². The molecule has 4 N–H and O–H groups in total. The van der Waals surface area contributed by atoms with Gasteiger partial charge in [-0.05, 0) is 84.3 Å². The normalized spacial score (nSPS) is 13.7. The third-order valence-corrected chi connectivity index (χ3v) is 9.99. The summed E-state index contributed by atoms with van der Waals surface area (Å²) >= 11 is 0. The average molecular weight is 748 g/mol. The van der Waals surface area contributed by atoms with Gasteiger partial charge in [-0.1, -0.05) is 61.7 Å². The number of aromatic hydroxyl groups is 1. The second-order valence-electron chi connectivity index (χ2n) is 11.6. The maximum Gasteiger partial charge on any atom is 0.296 e. The number of azo groups is 1. The SMILES string of the molecule is O=C(Nc1cc(S(=O)(=O)O)cc2cc(S(=O)(=O)O)c(N=Nc3ccccc3Oc3ccc(C4CCCCC4)cc3)c(O)c12)c1ccccc1.[Na].[Na]. The molecule has 6 rings (SSSR count). The summed E-state index contributed by atoms with van der Waals surface area (Å²) in [5.74, 6) is -0.242. The van der Waals surface area contributed by atoms with E-state index in [1.807, 2.05) is 24.3 Å². The molecule has 2 radical (unpaired) electrons. The van der Waals surface area contributed by atoms with Gasteiger partial charge in [-0.15, -0.1) is 10.2 Å². The minimum absolute atomic E-state index is 0. The molecule has 0 atom stereocenters. The largest absolute Gasteiger partial charge is 0.505 e. The molecule has 1 aliphatic carbocycles. The third kappa shape index (κ3) is 9.64. The van der Waals surface area contributed by atoms with E-state index in [0.29, 0.717) is 11.7 Å². The summed E-state index contributed by atoms with van der Waals surface area (Å²) in [6.07, 6.45) is 5.98. The Hall–Kier alpha value is -3.15. The topological polar surface area (TPSA) is 192 Å². The molecule has 1 saturated carbocycles. The van der Waals surface area contributed by atoms with Crippen LogP contribution < -0.4 is 10.1 Å². The van der Waals surface area contributed by atoms with Crippen molar-refractivity contribution in [3.63, 3.8) is 0 Å². The number of nitrogens with one attached hydrogen (secondary N) is 1. The first kappa shape index (κ1) is 40.6. The number of ether oxygens (including phenoxy) is 1. The van der Waals surface area contributed by atoms with Gasteiger partial charge in [0.05, 0.1) is 10.6 Å². The fourth-order valence-electron chi connectivity index (χ4n) is 5.89.